The van der Waals surface area contributed by atoms with Gasteiger partial charge in [0.1, 0.15) is 5.82 Å². The highest BCUT2D eigenvalue weighted by Gasteiger charge is 2.10. The molecule has 2 heteroatoms. The average molecular weight is 190 g/mol. The molecule has 0 saturated carbocycles. The van der Waals surface area contributed by atoms with E-state index in [0.29, 0.717) is 17.5 Å². The number of Topliss-reactive ketones (excluding diaryl/α,β-unsaturated/α-hetero) is 1. The summed E-state index contributed by atoms with van der Waals surface area (Å²) in [6.45, 7) is 1.60. The van der Waals surface area contributed by atoms with Gasteiger partial charge in [-0.15, -0.1) is 12.3 Å². The molecule has 0 radical (unpaired) electrons. The van der Waals surface area contributed by atoms with Crippen molar-refractivity contribution in [3.63, 3.8) is 0 Å². The normalized spacial score (nSPS) is 9.50. The maximum Gasteiger partial charge on any atom is 0.164 e. The predicted molar refractivity (Wildman–Crippen MR) is 53.5 cm³/mol. The van der Waals surface area contributed by atoms with Crippen LogP contribution in [-0.4, -0.2) is 5.78 Å². The van der Waals surface area contributed by atoms with Crippen molar-refractivity contribution in [2.75, 3.05) is 0 Å². The van der Waals surface area contributed by atoms with Crippen LogP contribution in [0.3, 0.4) is 0 Å². The van der Waals surface area contributed by atoms with E-state index in [-0.39, 0.29) is 18.0 Å². The molecule has 0 fully saturated rings. The number of carbonyl (C=O) groups excluding carboxylic acids is 1. The van der Waals surface area contributed by atoms with E-state index in [1.54, 1.807) is 13.0 Å². The van der Waals surface area contributed by atoms with Crippen LogP contribution in [-0.2, 0) is 0 Å². The molecule has 0 aliphatic rings. The quantitative estimate of drug-likeness (QED) is 0.529. The minimum atomic E-state index is -0.350. The van der Waals surface area contributed by atoms with Gasteiger partial charge in [-0.2, -0.15) is 0 Å². The highest BCUT2D eigenvalue weighted by Crippen LogP contribution is 2.14. The number of carbonyl (C=O) groups is 1. The molecule has 0 saturated heterocycles. The lowest BCUT2D eigenvalue weighted by Gasteiger charge is -2.03. The fraction of sp³-hybridized carbons (Fsp3) is 0.250. The molecule has 1 aromatic rings. The van der Waals surface area contributed by atoms with Crippen molar-refractivity contribution in [1.29, 1.82) is 0 Å². The van der Waals surface area contributed by atoms with Crippen molar-refractivity contribution in [1.82, 2.24) is 0 Å². The molecular formula is C12H11FO. The van der Waals surface area contributed by atoms with Gasteiger partial charge in [-0.3, -0.25) is 4.79 Å². The standard InChI is InChI=1S/C12H11FO/c1-3-4-8-12(14)10-6-5-7-11(13)9(10)2/h1,5-7H,4,8H2,2H3. The molecule has 0 N–H and O–H groups in total. The first-order valence-corrected chi connectivity index (χ1v) is 4.38. The molecule has 1 nitrogen and oxygen atoms in total. The minimum Gasteiger partial charge on any atom is -0.294 e. The van der Waals surface area contributed by atoms with E-state index in [4.69, 9.17) is 6.42 Å². The Morgan fingerprint density at radius 2 is 2.29 bits per heavy atom. The van der Waals surface area contributed by atoms with Crippen molar-refractivity contribution >= 4 is 5.78 Å². The lowest BCUT2D eigenvalue weighted by molar-refractivity contribution is 0.0983. The third-order valence-electron chi connectivity index (χ3n) is 2.06. The number of rotatable bonds is 3. The van der Waals surface area contributed by atoms with Crippen LogP contribution in [0, 0.1) is 25.1 Å². The van der Waals surface area contributed by atoms with Gasteiger partial charge < -0.3 is 0 Å². The van der Waals surface area contributed by atoms with E-state index >= 15 is 0 Å². The van der Waals surface area contributed by atoms with Crippen LogP contribution in [0.15, 0.2) is 18.2 Å². The first-order chi connectivity index (χ1) is 6.66. The Kier molecular flexibility index (Phi) is 3.41. The monoisotopic (exact) mass is 190 g/mol. The second-order valence-electron chi connectivity index (χ2n) is 3.04. The molecule has 0 aliphatic carbocycles. The molecule has 14 heavy (non-hydrogen) atoms. The van der Waals surface area contributed by atoms with Gasteiger partial charge in [-0.25, -0.2) is 4.39 Å². The average Bonchev–Trinajstić information content (AvgIpc) is 2.18. The van der Waals surface area contributed by atoms with E-state index < -0.39 is 0 Å². The number of benzene rings is 1. The lowest BCUT2D eigenvalue weighted by atomic mass is 10.0. The van der Waals surface area contributed by atoms with Crippen LogP contribution in [0.1, 0.15) is 28.8 Å². The summed E-state index contributed by atoms with van der Waals surface area (Å²) in [6, 6.07) is 4.50. The molecule has 1 aromatic carbocycles. The van der Waals surface area contributed by atoms with Gasteiger partial charge in [0.05, 0.1) is 0 Å². The number of terminal acetylenes is 1. The molecule has 0 atom stereocenters. The second kappa shape index (κ2) is 4.57. The summed E-state index contributed by atoms with van der Waals surface area (Å²) in [5.74, 6) is 1.94. The fourth-order valence-corrected chi connectivity index (χ4v) is 1.23. The van der Waals surface area contributed by atoms with Gasteiger partial charge >= 0.3 is 0 Å². The molecular weight excluding hydrogens is 179 g/mol. The van der Waals surface area contributed by atoms with Gasteiger partial charge in [0.2, 0.25) is 0 Å². The molecule has 0 aliphatic heterocycles. The smallest absolute Gasteiger partial charge is 0.164 e. The van der Waals surface area contributed by atoms with Crippen LogP contribution in [0.2, 0.25) is 0 Å². The van der Waals surface area contributed by atoms with Gasteiger partial charge in [-0.1, -0.05) is 12.1 Å². The van der Waals surface area contributed by atoms with Crippen LogP contribution < -0.4 is 0 Å². The Balaban J connectivity index is 2.91. The lowest BCUT2D eigenvalue weighted by Crippen LogP contribution is -2.02. The second-order valence-corrected chi connectivity index (χ2v) is 3.04. The summed E-state index contributed by atoms with van der Waals surface area (Å²) < 4.78 is 13.1. The zero-order chi connectivity index (χ0) is 10.6. The van der Waals surface area contributed by atoms with Crippen LogP contribution in [0.5, 0.6) is 0 Å². The van der Waals surface area contributed by atoms with E-state index in [2.05, 4.69) is 5.92 Å². The van der Waals surface area contributed by atoms with Crippen LogP contribution in [0.4, 0.5) is 4.39 Å². The third-order valence-corrected chi connectivity index (χ3v) is 2.06. The summed E-state index contributed by atoms with van der Waals surface area (Å²) >= 11 is 0. The minimum absolute atomic E-state index is 0.0973. The Hall–Kier alpha value is -1.62. The molecule has 0 aromatic heterocycles. The maximum absolute atomic E-state index is 13.1. The highest BCUT2D eigenvalue weighted by atomic mass is 19.1. The summed E-state index contributed by atoms with van der Waals surface area (Å²) in [5, 5.41) is 0. The van der Waals surface area contributed by atoms with Crippen molar-refractivity contribution in [3.8, 4) is 12.3 Å². The highest BCUT2D eigenvalue weighted by molar-refractivity contribution is 5.97. The third kappa shape index (κ3) is 2.20. The summed E-state index contributed by atoms with van der Waals surface area (Å²) in [4.78, 5) is 11.5. The summed E-state index contributed by atoms with van der Waals surface area (Å²) in [5.41, 5.74) is 0.828. The van der Waals surface area contributed by atoms with Gasteiger partial charge in [-0.05, 0) is 18.6 Å². The number of ketones is 1. The summed E-state index contributed by atoms with van der Waals surface area (Å²) in [7, 11) is 0. The molecule has 0 bridgehead atoms. The zero-order valence-electron chi connectivity index (χ0n) is 8.01. The van der Waals surface area contributed by atoms with E-state index in [1.165, 1.54) is 12.1 Å². The van der Waals surface area contributed by atoms with E-state index in [0.717, 1.165) is 0 Å². The van der Waals surface area contributed by atoms with Gasteiger partial charge in [0.15, 0.2) is 5.78 Å². The Morgan fingerprint density at radius 3 is 2.93 bits per heavy atom. The number of hydrogen-bond acceptors (Lipinski definition) is 1. The van der Waals surface area contributed by atoms with E-state index in [1.807, 2.05) is 0 Å². The number of hydrogen-bond donors (Lipinski definition) is 0. The SMILES string of the molecule is C#CCCC(=O)c1cccc(F)c1C. The van der Waals surface area contributed by atoms with Crippen molar-refractivity contribution in [2.24, 2.45) is 0 Å². The van der Waals surface area contributed by atoms with Crippen molar-refractivity contribution in [3.05, 3.63) is 35.1 Å². The van der Waals surface area contributed by atoms with Crippen LogP contribution in [0.25, 0.3) is 0 Å². The molecule has 1 rings (SSSR count). The van der Waals surface area contributed by atoms with Crippen molar-refractivity contribution in [2.45, 2.75) is 19.8 Å². The summed E-state index contributed by atoms with van der Waals surface area (Å²) in [6.07, 6.45) is 5.72. The Bertz CT molecular complexity index is 388. The van der Waals surface area contributed by atoms with Gasteiger partial charge in [0, 0.05) is 18.4 Å². The maximum atomic E-state index is 13.1. The first-order valence-electron chi connectivity index (χ1n) is 4.38. The fourth-order valence-electron chi connectivity index (χ4n) is 1.23. The van der Waals surface area contributed by atoms with Gasteiger partial charge in [0.25, 0.3) is 0 Å². The Labute approximate surface area is 82.9 Å². The molecule has 72 valence electrons. The predicted octanol–water partition coefficient (Wildman–Crippen LogP) is 2.73. The largest absolute Gasteiger partial charge is 0.294 e. The first kappa shape index (κ1) is 10.5. The molecule has 0 amide bonds. The molecule has 0 spiro atoms. The number of halogens is 1. The zero-order valence-corrected chi connectivity index (χ0v) is 8.01. The van der Waals surface area contributed by atoms with Crippen molar-refractivity contribution < 1.29 is 9.18 Å². The van der Waals surface area contributed by atoms with Crippen LogP contribution >= 0.6 is 0 Å². The van der Waals surface area contributed by atoms with E-state index in [9.17, 15) is 9.18 Å². The topological polar surface area (TPSA) is 17.1 Å². The molecule has 0 unspecified atom stereocenters. The molecule has 0 heterocycles. The Morgan fingerprint density at radius 1 is 1.57 bits per heavy atom.